The molecule has 0 saturated carbocycles. The Kier molecular flexibility index (Phi) is 8.52. The second-order valence-electron chi connectivity index (χ2n) is 4.89. The van der Waals surface area contributed by atoms with E-state index in [4.69, 9.17) is 5.11 Å². The van der Waals surface area contributed by atoms with Gasteiger partial charge in [-0.1, -0.05) is 19.9 Å². The fraction of sp³-hybridized carbons (Fsp3) is 0.500. The zero-order chi connectivity index (χ0) is 14.4. The molecule has 0 aromatic heterocycles. The minimum Gasteiger partial charge on any atom is -0.505 e. The van der Waals surface area contributed by atoms with Gasteiger partial charge in [-0.3, -0.25) is 4.99 Å². The predicted octanol–water partition coefficient (Wildman–Crippen LogP) is 2.86. The van der Waals surface area contributed by atoms with Crippen LogP contribution in [0.1, 0.15) is 26.3 Å². The minimum atomic E-state index is -0.613. The van der Waals surface area contributed by atoms with Crippen molar-refractivity contribution < 1.29 is 9.50 Å². The Labute approximate surface area is 136 Å². The van der Waals surface area contributed by atoms with E-state index >= 15 is 0 Å². The lowest BCUT2D eigenvalue weighted by atomic mass is 10.1. The van der Waals surface area contributed by atoms with Gasteiger partial charge in [0.1, 0.15) is 0 Å². The highest BCUT2D eigenvalue weighted by Crippen LogP contribution is 2.15. The van der Waals surface area contributed by atoms with Crippen LogP contribution in [0.5, 0.6) is 5.75 Å². The first kappa shape index (κ1) is 18.9. The number of benzene rings is 1. The van der Waals surface area contributed by atoms with Gasteiger partial charge in [0.05, 0.1) is 0 Å². The summed E-state index contributed by atoms with van der Waals surface area (Å²) >= 11 is 0. The van der Waals surface area contributed by atoms with Gasteiger partial charge in [0.2, 0.25) is 0 Å². The number of nitrogens with zero attached hydrogens (tertiary/aromatic N) is 1. The van der Waals surface area contributed by atoms with E-state index in [1.165, 1.54) is 12.1 Å². The van der Waals surface area contributed by atoms with Gasteiger partial charge >= 0.3 is 0 Å². The molecular weight excluding hydrogens is 372 g/mol. The molecule has 1 aromatic carbocycles. The number of aromatic hydroxyl groups is 1. The highest BCUT2D eigenvalue weighted by Gasteiger charge is 2.09. The number of nitrogens with one attached hydrogen (secondary N) is 2. The largest absolute Gasteiger partial charge is 0.505 e. The van der Waals surface area contributed by atoms with Crippen molar-refractivity contribution in [3.05, 3.63) is 29.6 Å². The smallest absolute Gasteiger partial charge is 0.191 e. The van der Waals surface area contributed by atoms with E-state index in [1.807, 2.05) is 0 Å². The van der Waals surface area contributed by atoms with Gasteiger partial charge in [-0.2, -0.15) is 0 Å². The summed E-state index contributed by atoms with van der Waals surface area (Å²) < 4.78 is 13.2. The topological polar surface area (TPSA) is 56.7 Å². The van der Waals surface area contributed by atoms with Gasteiger partial charge in [0, 0.05) is 19.6 Å². The number of aliphatic imine (C=N–C) groups is 1. The van der Waals surface area contributed by atoms with Gasteiger partial charge in [0.25, 0.3) is 0 Å². The summed E-state index contributed by atoms with van der Waals surface area (Å²) in [6.45, 7) is 6.78. The second kappa shape index (κ2) is 8.99. The van der Waals surface area contributed by atoms with Crippen molar-refractivity contribution in [3.63, 3.8) is 0 Å². The molecule has 20 heavy (non-hydrogen) atoms. The SMILES string of the molecule is CN=C(NCc1ccc(O)c(F)c1)NC(C)C(C)C.I. The van der Waals surface area contributed by atoms with E-state index in [0.717, 1.165) is 5.56 Å². The predicted molar refractivity (Wildman–Crippen MR) is 91.1 cm³/mol. The van der Waals surface area contributed by atoms with Crippen molar-refractivity contribution in [2.75, 3.05) is 7.05 Å². The molecule has 0 amide bonds. The molecule has 1 atom stereocenters. The van der Waals surface area contributed by atoms with Crippen LogP contribution in [0.2, 0.25) is 0 Å². The van der Waals surface area contributed by atoms with E-state index in [-0.39, 0.29) is 29.7 Å². The second-order valence-corrected chi connectivity index (χ2v) is 4.89. The Balaban J connectivity index is 0.00000361. The van der Waals surface area contributed by atoms with E-state index in [1.54, 1.807) is 13.1 Å². The maximum Gasteiger partial charge on any atom is 0.191 e. The van der Waals surface area contributed by atoms with Gasteiger partial charge in [-0.05, 0) is 30.5 Å². The quantitative estimate of drug-likeness (QED) is 0.418. The molecule has 0 fully saturated rings. The van der Waals surface area contributed by atoms with Crippen LogP contribution in [-0.2, 0) is 6.54 Å². The maximum atomic E-state index is 13.2. The summed E-state index contributed by atoms with van der Waals surface area (Å²) in [6, 6.07) is 4.62. The van der Waals surface area contributed by atoms with Crippen molar-refractivity contribution in [2.45, 2.75) is 33.4 Å². The lowest BCUT2D eigenvalue weighted by Crippen LogP contribution is -2.43. The molecule has 0 spiro atoms. The molecule has 0 heterocycles. The van der Waals surface area contributed by atoms with Gasteiger partial charge < -0.3 is 15.7 Å². The van der Waals surface area contributed by atoms with Crippen LogP contribution in [0.15, 0.2) is 23.2 Å². The molecule has 3 N–H and O–H groups in total. The van der Waals surface area contributed by atoms with Crippen LogP contribution in [0.25, 0.3) is 0 Å². The number of guanidine groups is 1. The number of rotatable bonds is 4. The Bertz CT molecular complexity index is 452. The number of halogens is 2. The van der Waals surface area contributed by atoms with Gasteiger partial charge in [0.15, 0.2) is 17.5 Å². The monoisotopic (exact) mass is 395 g/mol. The van der Waals surface area contributed by atoms with Crippen LogP contribution in [0.3, 0.4) is 0 Å². The van der Waals surface area contributed by atoms with Crippen LogP contribution in [-0.4, -0.2) is 24.2 Å². The number of hydrogen-bond acceptors (Lipinski definition) is 2. The molecule has 0 saturated heterocycles. The molecule has 0 radical (unpaired) electrons. The van der Waals surface area contributed by atoms with Crippen LogP contribution >= 0.6 is 24.0 Å². The molecule has 0 bridgehead atoms. The molecule has 1 rings (SSSR count). The summed E-state index contributed by atoms with van der Waals surface area (Å²) in [5.41, 5.74) is 0.746. The standard InChI is InChI=1S/C14H22FN3O.HI/c1-9(2)10(3)18-14(16-4)17-8-11-5-6-13(19)12(15)7-11;/h5-7,9-10,19H,8H2,1-4H3,(H2,16,17,18);1H. The van der Waals surface area contributed by atoms with Crippen molar-refractivity contribution in [3.8, 4) is 5.75 Å². The zero-order valence-corrected chi connectivity index (χ0v) is 14.6. The average Bonchev–Trinajstić information content (AvgIpc) is 2.37. The normalized spacial score (nSPS) is 12.8. The van der Waals surface area contributed by atoms with E-state index in [9.17, 15) is 4.39 Å². The minimum absolute atomic E-state index is 0. The van der Waals surface area contributed by atoms with E-state index < -0.39 is 5.82 Å². The summed E-state index contributed by atoms with van der Waals surface area (Å²) in [4.78, 5) is 4.12. The Morgan fingerprint density at radius 2 is 2.00 bits per heavy atom. The number of hydrogen-bond donors (Lipinski definition) is 3. The first-order valence-corrected chi connectivity index (χ1v) is 6.38. The Morgan fingerprint density at radius 3 is 2.50 bits per heavy atom. The summed E-state index contributed by atoms with van der Waals surface area (Å²) in [5.74, 6) is 0.219. The Morgan fingerprint density at radius 1 is 1.35 bits per heavy atom. The van der Waals surface area contributed by atoms with Crippen LogP contribution in [0.4, 0.5) is 4.39 Å². The third-order valence-electron chi connectivity index (χ3n) is 3.06. The highest BCUT2D eigenvalue weighted by atomic mass is 127. The molecule has 4 nitrogen and oxygen atoms in total. The van der Waals surface area contributed by atoms with Gasteiger partial charge in [-0.15, -0.1) is 24.0 Å². The number of phenols is 1. The maximum absolute atomic E-state index is 13.2. The molecule has 1 unspecified atom stereocenters. The van der Waals surface area contributed by atoms with Crippen molar-refractivity contribution in [1.82, 2.24) is 10.6 Å². The van der Waals surface area contributed by atoms with E-state index in [2.05, 4.69) is 36.4 Å². The zero-order valence-electron chi connectivity index (χ0n) is 12.3. The molecule has 114 valence electrons. The Hall–Kier alpha value is -1.05. The third kappa shape index (κ3) is 5.94. The fourth-order valence-electron chi connectivity index (χ4n) is 1.42. The van der Waals surface area contributed by atoms with Crippen molar-refractivity contribution >= 4 is 29.9 Å². The molecule has 6 heteroatoms. The summed E-state index contributed by atoms with van der Waals surface area (Å²) in [6.07, 6.45) is 0. The molecular formula is C14H23FIN3O. The molecule has 0 aliphatic rings. The van der Waals surface area contributed by atoms with Gasteiger partial charge in [-0.25, -0.2) is 4.39 Å². The van der Waals surface area contributed by atoms with Crippen LogP contribution in [0, 0.1) is 11.7 Å². The first-order chi connectivity index (χ1) is 8.93. The fourth-order valence-corrected chi connectivity index (χ4v) is 1.42. The van der Waals surface area contributed by atoms with Crippen LogP contribution < -0.4 is 10.6 Å². The van der Waals surface area contributed by atoms with Crippen molar-refractivity contribution in [1.29, 1.82) is 0 Å². The summed E-state index contributed by atoms with van der Waals surface area (Å²) in [5, 5.41) is 15.5. The molecule has 1 aromatic rings. The third-order valence-corrected chi connectivity index (χ3v) is 3.06. The first-order valence-electron chi connectivity index (χ1n) is 6.38. The highest BCUT2D eigenvalue weighted by molar-refractivity contribution is 14.0. The number of phenolic OH excluding ortho intramolecular Hbond substituents is 1. The average molecular weight is 395 g/mol. The summed E-state index contributed by atoms with van der Waals surface area (Å²) in [7, 11) is 1.69. The molecule has 0 aliphatic carbocycles. The lowest BCUT2D eigenvalue weighted by Gasteiger charge is -2.20. The van der Waals surface area contributed by atoms with E-state index in [0.29, 0.717) is 24.5 Å². The van der Waals surface area contributed by atoms with Crippen molar-refractivity contribution in [2.24, 2.45) is 10.9 Å². The molecule has 0 aliphatic heterocycles. The lowest BCUT2D eigenvalue weighted by molar-refractivity contribution is 0.431.